The Morgan fingerprint density at radius 2 is 1.81 bits per heavy atom. The summed E-state index contributed by atoms with van der Waals surface area (Å²) in [6.45, 7) is 4.11. The number of hydrogen-bond acceptors (Lipinski definition) is 4. The number of thioether (sulfide) groups is 1. The molecule has 1 N–H and O–H groups in total. The van der Waals surface area contributed by atoms with E-state index in [0.717, 1.165) is 17.9 Å². The van der Waals surface area contributed by atoms with E-state index in [2.05, 4.69) is 10.2 Å². The highest BCUT2D eigenvalue weighted by Gasteiger charge is 2.13. The summed E-state index contributed by atoms with van der Waals surface area (Å²) in [5.41, 5.74) is 0.652. The zero-order valence-corrected chi connectivity index (χ0v) is 16.8. The highest BCUT2D eigenvalue weighted by Crippen LogP contribution is 2.22. The molecular formula is C20H31N3O2S. The summed E-state index contributed by atoms with van der Waals surface area (Å²) < 4.78 is 0. The van der Waals surface area contributed by atoms with Gasteiger partial charge in [-0.05, 0) is 51.0 Å². The van der Waals surface area contributed by atoms with Crippen molar-refractivity contribution >= 4 is 23.6 Å². The number of carbonyl (C=O) groups is 2. The lowest BCUT2D eigenvalue weighted by atomic mass is 10.2. The fourth-order valence-corrected chi connectivity index (χ4v) is 4.04. The first-order valence-corrected chi connectivity index (χ1v) is 10.5. The molecule has 1 fully saturated rings. The first-order chi connectivity index (χ1) is 12.6. The van der Waals surface area contributed by atoms with Crippen LogP contribution in [0.3, 0.4) is 0 Å². The molecule has 1 aromatic rings. The van der Waals surface area contributed by atoms with Crippen molar-refractivity contribution in [3.05, 3.63) is 29.8 Å². The van der Waals surface area contributed by atoms with Gasteiger partial charge in [0.2, 0.25) is 5.91 Å². The second kappa shape index (κ2) is 11.2. The summed E-state index contributed by atoms with van der Waals surface area (Å²) in [5, 5.41) is 3.03. The fraction of sp³-hybridized carbons (Fsp3) is 0.600. The maximum atomic E-state index is 12.5. The van der Waals surface area contributed by atoms with Gasteiger partial charge in [0.25, 0.3) is 5.91 Å². The second-order valence-corrected chi connectivity index (χ2v) is 7.96. The van der Waals surface area contributed by atoms with Crippen LogP contribution in [0.4, 0.5) is 0 Å². The fourth-order valence-electron chi connectivity index (χ4n) is 3.01. The van der Waals surface area contributed by atoms with Crippen LogP contribution in [-0.2, 0) is 4.79 Å². The Morgan fingerprint density at radius 1 is 1.12 bits per heavy atom. The van der Waals surface area contributed by atoms with Crippen LogP contribution in [0.1, 0.15) is 42.5 Å². The van der Waals surface area contributed by atoms with E-state index in [9.17, 15) is 9.59 Å². The lowest BCUT2D eigenvalue weighted by Crippen LogP contribution is -2.30. The molecule has 0 saturated carbocycles. The predicted octanol–water partition coefficient (Wildman–Crippen LogP) is 2.86. The van der Waals surface area contributed by atoms with E-state index in [0.29, 0.717) is 17.9 Å². The molecule has 5 nitrogen and oxygen atoms in total. The van der Waals surface area contributed by atoms with Gasteiger partial charge in [-0.3, -0.25) is 9.59 Å². The van der Waals surface area contributed by atoms with Crippen molar-refractivity contribution in [2.24, 2.45) is 0 Å². The molecule has 144 valence electrons. The van der Waals surface area contributed by atoms with Crippen molar-refractivity contribution in [1.82, 2.24) is 15.1 Å². The van der Waals surface area contributed by atoms with E-state index in [1.807, 2.05) is 24.3 Å². The summed E-state index contributed by atoms with van der Waals surface area (Å²) in [7, 11) is 3.48. The normalized spacial score (nSPS) is 15.3. The summed E-state index contributed by atoms with van der Waals surface area (Å²) in [6, 6.07) is 7.49. The van der Waals surface area contributed by atoms with Crippen molar-refractivity contribution < 1.29 is 9.59 Å². The SMILES string of the molecule is CN(C)C(=O)CSc1ccccc1C(=O)NCCCN1CCCCCC1. The lowest BCUT2D eigenvalue weighted by Gasteiger charge is -2.19. The molecule has 0 unspecified atom stereocenters. The van der Waals surface area contributed by atoms with Gasteiger partial charge < -0.3 is 15.1 Å². The van der Waals surface area contributed by atoms with Gasteiger partial charge in [-0.1, -0.05) is 25.0 Å². The van der Waals surface area contributed by atoms with Crippen molar-refractivity contribution in [1.29, 1.82) is 0 Å². The Bertz CT molecular complexity index is 584. The molecule has 2 rings (SSSR count). The molecule has 1 aliphatic heterocycles. The highest BCUT2D eigenvalue weighted by atomic mass is 32.2. The smallest absolute Gasteiger partial charge is 0.252 e. The molecule has 0 atom stereocenters. The predicted molar refractivity (Wildman–Crippen MR) is 108 cm³/mol. The first kappa shape index (κ1) is 20.8. The molecular weight excluding hydrogens is 346 g/mol. The third kappa shape index (κ3) is 7.00. The molecule has 0 aromatic heterocycles. The molecule has 0 radical (unpaired) electrons. The Kier molecular flexibility index (Phi) is 8.98. The third-order valence-corrected chi connectivity index (χ3v) is 5.68. The van der Waals surface area contributed by atoms with Crippen LogP contribution in [0.15, 0.2) is 29.2 Å². The van der Waals surface area contributed by atoms with E-state index >= 15 is 0 Å². The van der Waals surface area contributed by atoms with Crippen LogP contribution >= 0.6 is 11.8 Å². The number of nitrogens with one attached hydrogen (secondary N) is 1. The average molecular weight is 378 g/mol. The number of nitrogens with zero attached hydrogens (tertiary/aromatic N) is 2. The van der Waals surface area contributed by atoms with Crippen LogP contribution < -0.4 is 5.32 Å². The van der Waals surface area contributed by atoms with E-state index in [4.69, 9.17) is 0 Å². The summed E-state index contributed by atoms with van der Waals surface area (Å²) >= 11 is 1.42. The molecule has 1 aromatic carbocycles. The summed E-state index contributed by atoms with van der Waals surface area (Å²) in [4.78, 5) is 29.2. The van der Waals surface area contributed by atoms with Gasteiger partial charge in [-0.2, -0.15) is 0 Å². The number of amides is 2. The minimum absolute atomic E-state index is 0.0441. The quantitative estimate of drug-likeness (QED) is 0.559. The number of hydrogen-bond donors (Lipinski definition) is 1. The Balaban J connectivity index is 1.78. The molecule has 6 heteroatoms. The van der Waals surface area contributed by atoms with Gasteiger partial charge in [-0.25, -0.2) is 0 Å². The third-order valence-electron chi connectivity index (χ3n) is 4.62. The highest BCUT2D eigenvalue weighted by molar-refractivity contribution is 8.00. The van der Waals surface area contributed by atoms with E-state index < -0.39 is 0 Å². The second-order valence-electron chi connectivity index (χ2n) is 6.94. The van der Waals surface area contributed by atoms with Crippen LogP contribution in [0, 0.1) is 0 Å². The maximum Gasteiger partial charge on any atom is 0.252 e. The lowest BCUT2D eigenvalue weighted by molar-refractivity contribution is -0.125. The van der Waals surface area contributed by atoms with Crippen LogP contribution in [0.2, 0.25) is 0 Å². The van der Waals surface area contributed by atoms with Crippen molar-refractivity contribution in [3.8, 4) is 0 Å². The summed E-state index contributed by atoms with van der Waals surface area (Å²) in [5.74, 6) is 0.329. The van der Waals surface area contributed by atoms with Gasteiger partial charge in [0.1, 0.15) is 0 Å². The van der Waals surface area contributed by atoms with Gasteiger partial charge in [-0.15, -0.1) is 11.8 Å². The average Bonchev–Trinajstić information content (AvgIpc) is 2.92. The number of rotatable bonds is 8. The van der Waals surface area contributed by atoms with E-state index in [-0.39, 0.29) is 11.8 Å². The molecule has 1 heterocycles. The molecule has 0 spiro atoms. The van der Waals surface area contributed by atoms with Gasteiger partial charge in [0.15, 0.2) is 0 Å². The van der Waals surface area contributed by atoms with E-state index in [1.165, 1.54) is 50.5 Å². The summed E-state index contributed by atoms with van der Waals surface area (Å²) in [6.07, 6.45) is 6.25. The molecule has 1 saturated heterocycles. The molecule has 2 amide bonds. The van der Waals surface area contributed by atoms with Crippen LogP contribution in [-0.4, -0.2) is 67.6 Å². The van der Waals surface area contributed by atoms with Crippen LogP contribution in [0.5, 0.6) is 0 Å². The standard InChI is InChI=1S/C20H31N3O2S/c1-22(2)19(24)16-26-18-11-6-5-10-17(18)20(25)21-12-9-15-23-13-7-3-4-8-14-23/h5-6,10-11H,3-4,7-9,12-16H2,1-2H3,(H,21,25). The minimum atomic E-state index is -0.0544. The van der Waals surface area contributed by atoms with Crippen molar-refractivity contribution in [3.63, 3.8) is 0 Å². The molecule has 26 heavy (non-hydrogen) atoms. The monoisotopic (exact) mass is 377 g/mol. The number of benzene rings is 1. The van der Waals surface area contributed by atoms with Gasteiger partial charge in [0, 0.05) is 25.5 Å². The van der Waals surface area contributed by atoms with E-state index in [1.54, 1.807) is 19.0 Å². The topological polar surface area (TPSA) is 52.7 Å². The van der Waals surface area contributed by atoms with Gasteiger partial charge in [0.05, 0.1) is 11.3 Å². The molecule has 0 bridgehead atoms. The minimum Gasteiger partial charge on any atom is -0.352 e. The zero-order valence-electron chi connectivity index (χ0n) is 16.0. The molecule has 0 aliphatic carbocycles. The number of likely N-dealkylation sites (tertiary alicyclic amines) is 1. The Hall–Kier alpha value is -1.53. The van der Waals surface area contributed by atoms with Crippen LogP contribution in [0.25, 0.3) is 0 Å². The maximum absolute atomic E-state index is 12.5. The zero-order chi connectivity index (χ0) is 18.8. The Labute approximate surface area is 161 Å². The largest absolute Gasteiger partial charge is 0.352 e. The number of carbonyl (C=O) groups excluding carboxylic acids is 2. The van der Waals surface area contributed by atoms with Crippen molar-refractivity contribution in [2.45, 2.75) is 37.0 Å². The van der Waals surface area contributed by atoms with Crippen molar-refractivity contribution in [2.75, 3.05) is 46.0 Å². The Morgan fingerprint density at radius 3 is 2.50 bits per heavy atom. The first-order valence-electron chi connectivity index (χ1n) is 9.50. The van der Waals surface area contributed by atoms with Gasteiger partial charge >= 0.3 is 0 Å². The molecule has 1 aliphatic rings.